The molecule has 0 saturated heterocycles. The highest BCUT2D eigenvalue weighted by Crippen LogP contribution is 2.54. The predicted octanol–water partition coefficient (Wildman–Crippen LogP) is -0.749. The summed E-state index contributed by atoms with van der Waals surface area (Å²) in [5.74, 6) is -6.20. The number of hydrogen-bond donors (Lipinski definition) is 7. The molecule has 0 radical (unpaired) electrons. The van der Waals surface area contributed by atoms with Crippen molar-refractivity contribution in [1.82, 2.24) is 0 Å². The number of aliphatic hydroxyl groups is 3. The van der Waals surface area contributed by atoms with Gasteiger partial charge in [-0.15, -0.1) is 0 Å². The van der Waals surface area contributed by atoms with Crippen LogP contribution in [0, 0.1) is 11.8 Å². The maximum atomic E-state index is 13.1. The van der Waals surface area contributed by atoms with Crippen LogP contribution < -0.4 is 5.73 Å². The van der Waals surface area contributed by atoms with E-state index in [0.717, 1.165) is 0 Å². The number of aromatic hydroxyl groups is 1. The van der Waals surface area contributed by atoms with E-state index in [9.17, 15) is 34.8 Å². The number of nitrogens with two attached hydrogens (primary N) is 1. The average molecular weight is 471 g/mol. The van der Waals surface area contributed by atoms with Crippen molar-refractivity contribution in [3.63, 3.8) is 0 Å². The fraction of sp³-hybridized carbons (Fsp3) is 0.421. The van der Waals surface area contributed by atoms with Gasteiger partial charge < -0.3 is 26.2 Å². The Morgan fingerprint density at radius 2 is 1.72 bits per heavy atom. The van der Waals surface area contributed by atoms with Crippen LogP contribution in [0.4, 0.5) is 0 Å². The molecule has 0 aromatic heterocycles. The Labute approximate surface area is 181 Å². The SMILES string of the molecule is NC(=O)C1c2cccc(O)c2C(O)=C2C(=O)C3(O)C(=O)CC(O)CC3CC21.O=S(=O)(O)O. The third-order valence-corrected chi connectivity index (χ3v) is 6.10. The summed E-state index contributed by atoms with van der Waals surface area (Å²) >= 11 is 0. The van der Waals surface area contributed by atoms with E-state index in [2.05, 4.69) is 0 Å². The van der Waals surface area contributed by atoms with E-state index in [-0.39, 0.29) is 41.7 Å². The monoisotopic (exact) mass is 471 g/mol. The van der Waals surface area contributed by atoms with E-state index in [4.69, 9.17) is 23.3 Å². The third-order valence-electron chi connectivity index (χ3n) is 6.10. The lowest BCUT2D eigenvalue weighted by Gasteiger charge is -2.48. The Hall–Kier alpha value is -2.84. The van der Waals surface area contributed by atoms with Gasteiger partial charge >= 0.3 is 10.4 Å². The first-order valence-electron chi connectivity index (χ1n) is 9.41. The number of aliphatic hydroxyl groups excluding tert-OH is 2. The molecule has 1 amide bonds. The van der Waals surface area contributed by atoms with E-state index in [1.165, 1.54) is 18.2 Å². The zero-order valence-corrected chi connectivity index (χ0v) is 17.2. The van der Waals surface area contributed by atoms with Gasteiger partial charge in [-0.25, -0.2) is 0 Å². The summed E-state index contributed by atoms with van der Waals surface area (Å²) in [6.45, 7) is 0. The molecule has 4 rings (SSSR count). The van der Waals surface area contributed by atoms with E-state index in [1.807, 2.05) is 0 Å². The van der Waals surface area contributed by atoms with Crippen LogP contribution in [0.5, 0.6) is 5.75 Å². The van der Waals surface area contributed by atoms with Crippen LogP contribution in [0.1, 0.15) is 36.3 Å². The molecule has 3 aliphatic carbocycles. The van der Waals surface area contributed by atoms with Crippen molar-refractivity contribution in [3.05, 3.63) is 34.9 Å². The fourth-order valence-corrected chi connectivity index (χ4v) is 4.92. The summed E-state index contributed by atoms with van der Waals surface area (Å²) in [6.07, 6.45) is -1.30. The van der Waals surface area contributed by atoms with Gasteiger partial charge in [-0.2, -0.15) is 8.42 Å². The van der Waals surface area contributed by atoms with E-state index >= 15 is 0 Å². The normalized spacial score (nSPS) is 31.6. The smallest absolute Gasteiger partial charge is 0.394 e. The Balaban J connectivity index is 0.000000523. The van der Waals surface area contributed by atoms with E-state index < -0.39 is 63.1 Å². The molecule has 12 nitrogen and oxygen atoms in total. The zero-order chi connectivity index (χ0) is 24.2. The van der Waals surface area contributed by atoms with Crippen LogP contribution in [0.15, 0.2) is 23.8 Å². The summed E-state index contributed by atoms with van der Waals surface area (Å²) in [5.41, 5.74) is 3.14. The van der Waals surface area contributed by atoms with Crippen LogP contribution in [0.2, 0.25) is 0 Å². The van der Waals surface area contributed by atoms with Gasteiger partial charge in [0.2, 0.25) is 11.7 Å². The molecule has 1 aromatic rings. The summed E-state index contributed by atoms with van der Waals surface area (Å²) in [4.78, 5) is 37.7. The highest BCUT2D eigenvalue weighted by atomic mass is 32.3. The van der Waals surface area contributed by atoms with Crippen molar-refractivity contribution in [3.8, 4) is 5.75 Å². The minimum absolute atomic E-state index is 0.0210. The van der Waals surface area contributed by atoms with E-state index in [1.54, 1.807) is 0 Å². The quantitative estimate of drug-likeness (QED) is 0.199. The molecular weight excluding hydrogens is 450 g/mol. The topological polar surface area (TPSA) is 233 Å². The van der Waals surface area contributed by atoms with Crippen molar-refractivity contribution in [2.45, 2.75) is 36.9 Å². The standard InChI is InChI=1S/C19H19NO7.H2O4S/c20-18(26)13-9-2-1-3-11(22)14(9)16(24)15-10(13)5-7-4-8(21)6-12(23)19(7,27)17(15)25;1-5(2,3)4/h1-3,7-8,10,13,21-22,24,27H,4-6H2,(H2,20,26);(H2,1,2,3,4). The Morgan fingerprint density at radius 1 is 1.12 bits per heavy atom. The predicted molar refractivity (Wildman–Crippen MR) is 106 cm³/mol. The molecular formula is C19H21NO11S. The molecule has 8 N–H and O–H groups in total. The summed E-state index contributed by atoms with van der Waals surface area (Å²) in [7, 11) is -4.67. The average Bonchev–Trinajstić information content (AvgIpc) is 2.63. The van der Waals surface area contributed by atoms with Crippen LogP contribution in [0.3, 0.4) is 0 Å². The van der Waals surface area contributed by atoms with Crippen LogP contribution in [0.25, 0.3) is 5.76 Å². The molecule has 0 spiro atoms. The number of fused-ring (bicyclic) bond motifs is 3. The second-order valence-corrected chi connectivity index (χ2v) is 8.88. The van der Waals surface area contributed by atoms with Crippen LogP contribution in [-0.2, 0) is 24.8 Å². The minimum atomic E-state index is -4.67. The highest BCUT2D eigenvalue weighted by molar-refractivity contribution is 7.79. The van der Waals surface area contributed by atoms with Gasteiger partial charge in [-0.1, -0.05) is 12.1 Å². The van der Waals surface area contributed by atoms with E-state index in [0.29, 0.717) is 0 Å². The number of phenols is 1. The fourth-order valence-electron chi connectivity index (χ4n) is 4.92. The Bertz CT molecular complexity index is 1130. The number of Topliss-reactive ketones (excluding diaryl/α,β-unsaturated/α-hetero) is 2. The summed E-state index contributed by atoms with van der Waals surface area (Å²) in [5, 5.41) is 41.7. The number of hydrogen-bond acceptors (Lipinski definition) is 9. The number of rotatable bonds is 1. The van der Waals surface area contributed by atoms with Crippen molar-refractivity contribution in [2.75, 3.05) is 0 Å². The molecule has 5 atom stereocenters. The zero-order valence-electron chi connectivity index (χ0n) is 16.4. The number of benzene rings is 1. The molecule has 0 aliphatic heterocycles. The van der Waals surface area contributed by atoms with Crippen molar-refractivity contribution < 1.29 is 52.3 Å². The molecule has 1 aromatic carbocycles. The van der Waals surface area contributed by atoms with Gasteiger partial charge in [0.25, 0.3) is 0 Å². The number of carbonyl (C=O) groups excluding carboxylic acids is 3. The van der Waals surface area contributed by atoms with Crippen LogP contribution >= 0.6 is 0 Å². The minimum Gasteiger partial charge on any atom is -0.507 e. The number of amides is 1. The summed E-state index contributed by atoms with van der Waals surface area (Å²) in [6, 6.07) is 4.32. The van der Waals surface area contributed by atoms with Gasteiger partial charge in [-0.3, -0.25) is 23.5 Å². The second kappa shape index (κ2) is 7.94. The Morgan fingerprint density at radius 3 is 2.28 bits per heavy atom. The number of phenolic OH excluding ortho intramolecular Hbond substituents is 1. The van der Waals surface area contributed by atoms with Gasteiger partial charge in [0.15, 0.2) is 11.4 Å². The molecule has 32 heavy (non-hydrogen) atoms. The van der Waals surface area contributed by atoms with Gasteiger partial charge in [0.1, 0.15) is 11.5 Å². The summed E-state index contributed by atoms with van der Waals surface area (Å²) < 4.78 is 31.6. The van der Waals surface area contributed by atoms with Crippen molar-refractivity contribution in [1.29, 1.82) is 0 Å². The van der Waals surface area contributed by atoms with Crippen molar-refractivity contribution in [2.24, 2.45) is 17.6 Å². The first-order chi connectivity index (χ1) is 14.7. The Kier molecular flexibility index (Phi) is 5.91. The second-order valence-electron chi connectivity index (χ2n) is 7.98. The number of primary amides is 1. The molecule has 2 saturated carbocycles. The first-order valence-corrected chi connectivity index (χ1v) is 10.8. The molecule has 0 heterocycles. The van der Waals surface area contributed by atoms with Crippen LogP contribution in [-0.4, -0.2) is 67.1 Å². The third kappa shape index (κ3) is 3.89. The highest BCUT2D eigenvalue weighted by Gasteiger charge is 2.61. The molecule has 5 unspecified atom stereocenters. The lowest BCUT2D eigenvalue weighted by Crippen LogP contribution is -2.62. The molecule has 174 valence electrons. The molecule has 2 fully saturated rings. The lowest BCUT2D eigenvalue weighted by atomic mass is 9.56. The molecule has 3 aliphatic rings. The molecule has 13 heteroatoms. The lowest BCUT2D eigenvalue weighted by molar-refractivity contribution is -0.167. The first kappa shape index (κ1) is 23.8. The number of carbonyl (C=O) groups is 3. The molecule has 0 bridgehead atoms. The van der Waals surface area contributed by atoms with Gasteiger partial charge in [0.05, 0.1) is 17.6 Å². The van der Waals surface area contributed by atoms with Crippen molar-refractivity contribution >= 4 is 33.6 Å². The largest absolute Gasteiger partial charge is 0.507 e. The van der Waals surface area contributed by atoms with Gasteiger partial charge in [-0.05, 0) is 24.5 Å². The number of ketones is 2. The maximum Gasteiger partial charge on any atom is 0.394 e. The van der Waals surface area contributed by atoms with Gasteiger partial charge in [0, 0.05) is 23.8 Å². The maximum absolute atomic E-state index is 13.1.